The van der Waals surface area contributed by atoms with Gasteiger partial charge >= 0.3 is 0 Å². The number of hydrogen-bond donors (Lipinski definition) is 2. The molecule has 0 aliphatic carbocycles. The van der Waals surface area contributed by atoms with Gasteiger partial charge in [0.05, 0.1) is 10.6 Å². The molecular weight excluding hydrogens is 521 g/mol. The first-order valence-corrected chi connectivity index (χ1v) is 11.8. The fourth-order valence-corrected chi connectivity index (χ4v) is 4.50. The minimum Gasteiger partial charge on any atom is -0.483 e. The molecule has 0 spiro atoms. The predicted octanol–water partition coefficient (Wildman–Crippen LogP) is 5.97. The van der Waals surface area contributed by atoms with E-state index in [-0.39, 0.29) is 17.7 Å². The van der Waals surface area contributed by atoms with Crippen molar-refractivity contribution in [3.8, 4) is 5.75 Å². The quantitative estimate of drug-likeness (QED) is 0.378. The van der Waals surface area contributed by atoms with E-state index in [9.17, 15) is 14.0 Å². The van der Waals surface area contributed by atoms with Gasteiger partial charge in [0.2, 0.25) is 0 Å². The Bertz CT molecular complexity index is 1310. The molecule has 2 amide bonds. The van der Waals surface area contributed by atoms with Gasteiger partial charge < -0.3 is 10.1 Å². The van der Waals surface area contributed by atoms with Gasteiger partial charge in [0.25, 0.3) is 11.8 Å². The van der Waals surface area contributed by atoms with Crippen molar-refractivity contribution in [1.29, 1.82) is 5.41 Å². The second-order valence-corrected chi connectivity index (χ2v) is 9.37. The van der Waals surface area contributed by atoms with Crippen molar-refractivity contribution in [2.24, 2.45) is 0 Å². The van der Waals surface area contributed by atoms with E-state index in [2.05, 4.69) is 21.2 Å². The molecule has 3 aromatic rings. The fourth-order valence-electron chi connectivity index (χ4n) is 3.27. The summed E-state index contributed by atoms with van der Waals surface area (Å²) in [6, 6.07) is 18.1. The minimum atomic E-state index is -0.410. The van der Waals surface area contributed by atoms with Crippen LogP contribution in [-0.4, -0.2) is 23.6 Å². The van der Waals surface area contributed by atoms with Crippen LogP contribution in [0.15, 0.2) is 76.1 Å². The highest BCUT2D eigenvalue weighted by molar-refractivity contribution is 9.10. The SMILES string of the molecule is Cc1cccc(N2C(=N)S/C(=C\c3cc(Br)ccc3OCC(=O)Nc3ccc(F)cc3)C2=O)c1. The average Bonchev–Trinajstić information content (AvgIpc) is 3.07. The highest BCUT2D eigenvalue weighted by Gasteiger charge is 2.33. The van der Waals surface area contributed by atoms with E-state index in [1.165, 1.54) is 29.2 Å². The molecule has 6 nitrogen and oxygen atoms in total. The third-order valence-electron chi connectivity index (χ3n) is 4.83. The van der Waals surface area contributed by atoms with Crippen molar-refractivity contribution in [1.82, 2.24) is 0 Å². The fraction of sp³-hybridized carbons (Fsp3) is 0.0800. The second kappa shape index (κ2) is 10.2. The Hall–Kier alpha value is -3.43. The molecule has 172 valence electrons. The molecule has 0 saturated carbocycles. The summed E-state index contributed by atoms with van der Waals surface area (Å²) in [5.41, 5.74) is 2.66. The number of carbonyl (C=O) groups is 2. The molecule has 0 unspecified atom stereocenters. The number of halogens is 2. The van der Waals surface area contributed by atoms with Gasteiger partial charge in [-0.25, -0.2) is 4.39 Å². The van der Waals surface area contributed by atoms with Crippen LogP contribution in [0.25, 0.3) is 6.08 Å². The summed E-state index contributed by atoms with van der Waals surface area (Å²) in [5.74, 6) is -0.707. The lowest BCUT2D eigenvalue weighted by atomic mass is 10.1. The summed E-state index contributed by atoms with van der Waals surface area (Å²) in [7, 11) is 0. The van der Waals surface area contributed by atoms with E-state index in [4.69, 9.17) is 10.1 Å². The molecule has 9 heteroatoms. The first kappa shape index (κ1) is 23.7. The Balaban J connectivity index is 1.51. The van der Waals surface area contributed by atoms with Crippen LogP contribution in [0.5, 0.6) is 5.75 Å². The Kier molecular flexibility index (Phi) is 7.14. The van der Waals surface area contributed by atoms with Crippen molar-refractivity contribution in [3.63, 3.8) is 0 Å². The molecule has 0 bridgehead atoms. The van der Waals surface area contributed by atoms with Gasteiger partial charge in [0.1, 0.15) is 11.6 Å². The normalized spacial score (nSPS) is 14.6. The number of ether oxygens (including phenoxy) is 1. The Morgan fingerprint density at radius 2 is 1.94 bits per heavy atom. The topological polar surface area (TPSA) is 82.5 Å². The number of nitrogens with zero attached hydrogens (tertiary/aromatic N) is 1. The van der Waals surface area contributed by atoms with E-state index in [1.54, 1.807) is 30.3 Å². The van der Waals surface area contributed by atoms with Crippen molar-refractivity contribution in [3.05, 3.63) is 93.1 Å². The summed E-state index contributed by atoms with van der Waals surface area (Å²) in [6.45, 7) is 1.65. The van der Waals surface area contributed by atoms with Gasteiger partial charge in [-0.2, -0.15) is 0 Å². The summed E-state index contributed by atoms with van der Waals surface area (Å²) >= 11 is 4.48. The van der Waals surface area contributed by atoms with Crippen LogP contribution in [0.3, 0.4) is 0 Å². The third-order valence-corrected chi connectivity index (χ3v) is 6.21. The molecular formula is C25H19BrFN3O3S. The molecule has 1 fully saturated rings. The number of carbonyl (C=O) groups excluding carboxylic acids is 2. The van der Waals surface area contributed by atoms with Crippen LogP contribution in [0.2, 0.25) is 0 Å². The van der Waals surface area contributed by atoms with E-state index in [0.717, 1.165) is 21.8 Å². The zero-order valence-electron chi connectivity index (χ0n) is 18.0. The molecule has 4 rings (SSSR count). The molecule has 1 aliphatic heterocycles. The molecule has 3 aromatic carbocycles. The summed E-state index contributed by atoms with van der Waals surface area (Å²) in [6.07, 6.45) is 1.65. The predicted molar refractivity (Wildman–Crippen MR) is 137 cm³/mol. The minimum absolute atomic E-state index is 0.109. The van der Waals surface area contributed by atoms with Gasteiger partial charge in [-0.1, -0.05) is 28.1 Å². The van der Waals surface area contributed by atoms with Crippen LogP contribution in [0, 0.1) is 18.2 Å². The Morgan fingerprint density at radius 1 is 1.18 bits per heavy atom. The smallest absolute Gasteiger partial charge is 0.271 e. The Morgan fingerprint density at radius 3 is 2.68 bits per heavy atom. The van der Waals surface area contributed by atoms with Gasteiger partial charge in [-0.3, -0.25) is 19.9 Å². The van der Waals surface area contributed by atoms with Crippen molar-refractivity contribution >= 4 is 62.1 Å². The average molecular weight is 540 g/mol. The number of thioether (sulfide) groups is 1. The Labute approximate surface area is 208 Å². The van der Waals surface area contributed by atoms with Gasteiger partial charge in [-0.05, 0) is 84.9 Å². The third kappa shape index (κ3) is 5.55. The first-order valence-electron chi connectivity index (χ1n) is 10.2. The molecule has 1 heterocycles. The van der Waals surface area contributed by atoms with Crippen LogP contribution in [0.4, 0.5) is 15.8 Å². The summed E-state index contributed by atoms with van der Waals surface area (Å²) in [5, 5.41) is 11.0. The molecule has 1 saturated heterocycles. The molecule has 1 aliphatic rings. The van der Waals surface area contributed by atoms with Crippen LogP contribution < -0.4 is 15.0 Å². The van der Waals surface area contributed by atoms with Gasteiger partial charge in [0.15, 0.2) is 11.8 Å². The number of amides is 2. The van der Waals surface area contributed by atoms with Crippen molar-refractivity contribution < 1.29 is 18.7 Å². The van der Waals surface area contributed by atoms with E-state index < -0.39 is 11.7 Å². The highest BCUT2D eigenvalue weighted by Crippen LogP contribution is 2.37. The molecule has 34 heavy (non-hydrogen) atoms. The number of rotatable bonds is 6. The molecule has 0 radical (unpaired) electrons. The molecule has 2 N–H and O–H groups in total. The van der Waals surface area contributed by atoms with Crippen LogP contribution in [-0.2, 0) is 9.59 Å². The van der Waals surface area contributed by atoms with Gasteiger partial charge in [0, 0.05) is 15.7 Å². The zero-order valence-corrected chi connectivity index (χ0v) is 20.4. The number of amidine groups is 1. The van der Waals surface area contributed by atoms with E-state index in [0.29, 0.717) is 27.6 Å². The monoisotopic (exact) mass is 539 g/mol. The lowest BCUT2D eigenvalue weighted by Crippen LogP contribution is -2.28. The maximum atomic E-state index is 13.1. The first-order chi connectivity index (χ1) is 16.3. The highest BCUT2D eigenvalue weighted by atomic mass is 79.9. The van der Waals surface area contributed by atoms with Crippen LogP contribution in [0.1, 0.15) is 11.1 Å². The number of benzene rings is 3. The lowest BCUT2D eigenvalue weighted by Gasteiger charge is -2.14. The largest absolute Gasteiger partial charge is 0.483 e. The van der Waals surface area contributed by atoms with Gasteiger partial charge in [-0.15, -0.1) is 0 Å². The standard InChI is InChI=1S/C25H19BrFN3O3S/c1-15-3-2-4-20(11-15)30-24(32)22(34-25(30)28)13-16-12-17(26)5-10-21(16)33-14-23(31)29-19-8-6-18(27)7-9-19/h2-13,28H,14H2,1H3,(H,29,31)/b22-13-,28-25?. The maximum Gasteiger partial charge on any atom is 0.271 e. The van der Waals surface area contributed by atoms with Crippen LogP contribution >= 0.6 is 27.7 Å². The van der Waals surface area contributed by atoms with Crippen molar-refractivity contribution in [2.75, 3.05) is 16.8 Å². The summed E-state index contributed by atoms with van der Waals surface area (Å²) in [4.78, 5) is 27.1. The van der Waals surface area contributed by atoms with Crippen molar-refractivity contribution in [2.45, 2.75) is 6.92 Å². The van der Waals surface area contributed by atoms with E-state index in [1.807, 2.05) is 25.1 Å². The number of aryl methyl sites for hydroxylation is 1. The number of nitrogens with one attached hydrogen (secondary N) is 2. The lowest BCUT2D eigenvalue weighted by molar-refractivity contribution is -0.118. The van der Waals surface area contributed by atoms with E-state index >= 15 is 0 Å². The zero-order chi connectivity index (χ0) is 24.2. The summed E-state index contributed by atoms with van der Waals surface area (Å²) < 4.78 is 19.5. The second-order valence-electron chi connectivity index (χ2n) is 7.42. The molecule has 0 aromatic heterocycles. The molecule has 0 atom stereocenters. The maximum absolute atomic E-state index is 13.1. The number of hydrogen-bond acceptors (Lipinski definition) is 5. The number of anilines is 2.